The molecule has 0 atom stereocenters. The van der Waals surface area contributed by atoms with Gasteiger partial charge in [-0.3, -0.25) is 4.79 Å². The summed E-state index contributed by atoms with van der Waals surface area (Å²) in [4.78, 5) is 14.1. The van der Waals surface area contributed by atoms with Crippen LogP contribution in [0.15, 0.2) is 42.5 Å². The lowest BCUT2D eigenvalue weighted by atomic mass is 10.1. The average molecular weight is 305 g/mol. The van der Waals surface area contributed by atoms with E-state index in [9.17, 15) is 9.90 Å². The van der Waals surface area contributed by atoms with Crippen LogP contribution in [0.5, 0.6) is 5.75 Å². The fraction of sp³-hybridized carbons (Fsp3) is 0.188. The normalized spacial score (nSPS) is 10.4. The molecule has 0 unspecified atom stereocenters. The van der Waals surface area contributed by atoms with Crippen LogP contribution in [0.3, 0.4) is 0 Å². The number of amides is 1. The van der Waals surface area contributed by atoms with E-state index in [4.69, 9.17) is 17.3 Å². The lowest BCUT2D eigenvalue weighted by Gasteiger charge is -2.21. The topological polar surface area (TPSA) is 66.6 Å². The van der Waals surface area contributed by atoms with Crippen molar-refractivity contribution in [2.24, 2.45) is 0 Å². The molecule has 0 aliphatic carbocycles. The Kier molecular flexibility index (Phi) is 4.70. The lowest BCUT2D eigenvalue weighted by Crippen LogP contribution is -2.30. The minimum absolute atomic E-state index is 0.0836. The average Bonchev–Trinajstić information content (AvgIpc) is 2.47. The number of carbonyl (C=O) groups excluding carboxylic acids is 1. The van der Waals surface area contributed by atoms with Crippen molar-refractivity contribution in [3.8, 4) is 5.75 Å². The number of anilines is 1. The molecule has 0 radical (unpaired) electrons. The van der Waals surface area contributed by atoms with E-state index in [1.165, 1.54) is 12.1 Å². The monoisotopic (exact) mass is 304 g/mol. The van der Waals surface area contributed by atoms with Crippen molar-refractivity contribution in [2.75, 3.05) is 12.3 Å². The number of nitrogens with zero attached hydrogens (tertiary/aromatic N) is 1. The van der Waals surface area contributed by atoms with E-state index in [0.29, 0.717) is 23.7 Å². The molecule has 1 amide bonds. The third-order valence-electron chi connectivity index (χ3n) is 3.21. The highest BCUT2D eigenvalue weighted by Crippen LogP contribution is 2.22. The third kappa shape index (κ3) is 3.67. The van der Waals surface area contributed by atoms with Crippen LogP contribution in [-0.4, -0.2) is 22.5 Å². The Bertz CT molecular complexity index is 658. The number of benzene rings is 2. The first-order chi connectivity index (χ1) is 10.0. The van der Waals surface area contributed by atoms with Crippen LogP contribution in [-0.2, 0) is 6.54 Å². The molecule has 110 valence electrons. The zero-order chi connectivity index (χ0) is 15.4. The highest BCUT2D eigenvalue weighted by atomic mass is 35.5. The number of phenolic OH excluding ortho intramolecular Hbond substituents is 1. The van der Waals surface area contributed by atoms with Gasteiger partial charge in [0.2, 0.25) is 0 Å². The van der Waals surface area contributed by atoms with Crippen molar-refractivity contribution in [1.82, 2.24) is 4.90 Å². The van der Waals surface area contributed by atoms with Crippen molar-refractivity contribution in [2.45, 2.75) is 13.5 Å². The Balaban J connectivity index is 2.20. The van der Waals surface area contributed by atoms with Gasteiger partial charge >= 0.3 is 0 Å². The summed E-state index contributed by atoms with van der Waals surface area (Å²) in [5.74, 6) is -0.243. The number of carbonyl (C=O) groups is 1. The summed E-state index contributed by atoms with van der Waals surface area (Å²) >= 11 is 5.96. The van der Waals surface area contributed by atoms with Gasteiger partial charge in [0.05, 0.1) is 5.69 Å². The molecule has 0 bridgehead atoms. The van der Waals surface area contributed by atoms with E-state index in [-0.39, 0.29) is 17.3 Å². The van der Waals surface area contributed by atoms with Gasteiger partial charge in [0.1, 0.15) is 5.75 Å². The molecule has 2 rings (SSSR count). The molecule has 0 aromatic heterocycles. The Morgan fingerprint density at radius 3 is 2.67 bits per heavy atom. The van der Waals surface area contributed by atoms with Gasteiger partial charge in [-0.25, -0.2) is 0 Å². The number of hydrogen-bond acceptors (Lipinski definition) is 3. The second kappa shape index (κ2) is 6.50. The second-order valence-corrected chi connectivity index (χ2v) is 5.16. The fourth-order valence-corrected chi connectivity index (χ4v) is 2.26. The summed E-state index contributed by atoms with van der Waals surface area (Å²) in [5.41, 5.74) is 7.17. The lowest BCUT2D eigenvalue weighted by molar-refractivity contribution is 0.0752. The van der Waals surface area contributed by atoms with E-state index in [0.717, 1.165) is 5.56 Å². The fourth-order valence-electron chi connectivity index (χ4n) is 2.04. The molecule has 0 saturated heterocycles. The number of nitrogen functional groups attached to an aromatic ring is 1. The second-order valence-electron chi connectivity index (χ2n) is 4.72. The zero-order valence-corrected chi connectivity index (χ0v) is 12.5. The maximum Gasteiger partial charge on any atom is 0.254 e. The van der Waals surface area contributed by atoms with E-state index < -0.39 is 0 Å². The molecule has 0 aliphatic heterocycles. The molecule has 0 saturated carbocycles. The SMILES string of the molecule is CCN(Cc1cccc(Cl)c1)C(=O)c1ccc(N)c(O)c1. The van der Waals surface area contributed by atoms with E-state index in [1.807, 2.05) is 25.1 Å². The van der Waals surface area contributed by atoms with Gasteiger partial charge in [0.15, 0.2) is 0 Å². The van der Waals surface area contributed by atoms with Crippen LogP contribution in [0.1, 0.15) is 22.8 Å². The summed E-state index contributed by atoms with van der Waals surface area (Å²) < 4.78 is 0. The molecule has 21 heavy (non-hydrogen) atoms. The van der Waals surface area contributed by atoms with Crippen LogP contribution in [0, 0.1) is 0 Å². The molecule has 0 heterocycles. The van der Waals surface area contributed by atoms with E-state index >= 15 is 0 Å². The highest BCUT2D eigenvalue weighted by Gasteiger charge is 2.15. The van der Waals surface area contributed by atoms with Crippen molar-refractivity contribution in [3.05, 3.63) is 58.6 Å². The smallest absolute Gasteiger partial charge is 0.254 e. The van der Waals surface area contributed by atoms with Crippen molar-refractivity contribution in [3.63, 3.8) is 0 Å². The van der Waals surface area contributed by atoms with Crippen LogP contribution >= 0.6 is 11.6 Å². The van der Waals surface area contributed by atoms with Crippen molar-refractivity contribution in [1.29, 1.82) is 0 Å². The van der Waals surface area contributed by atoms with Gasteiger partial charge in [-0.1, -0.05) is 23.7 Å². The summed E-state index contributed by atoms with van der Waals surface area (Å²) in [6.45, 7) is 2.91. The van der Waals surface area contributed by atoms with Crippen LogP contribution < -0.4 is 5.73 Å². The summed E-state index contributed by atoms with van der Waals surface area (Å²) in [7, 11) is 0. The van der Waals surface area contributed by atoms with E-state index in [2.05, 4.69) is 0 Å². The van der Waals surface area contributed by atoms with Gasteiger partial charge in [0.25, 0.3) is 5.91 Å². The molecular weight excluding hydrogens is 288 g/mol. The Morgan fingerprint density at radius 2 is 2.05 bits per heavy atom. The van der Waals surface area contributed by atoms with Crippen LogP contribution in [0.2, 0.25) is 5.02 Å². The number of rotatable bonds is 4. The Hall–Kier alpha value is -2.20. The Labute approximate surface area is 128 Å². The van der Waals surface area contributed by atoms with Crippen LogP contribution in [0.4, 0.5) is 5.69 Å². The standard InChI is InChI=1S/C16H17ClN2O2/c1-2-19(10-11-4-3-5-13(17)8-11)16(21)12-6-7-14(18)15(20)9-12/h3-9,20H,2,10,18H2,1H3. The first kappa shape index (κ1) is 15.2. The van der Waals surface area contributed by atoms with Gasteiger partial charge in [-0.05, 0) is 42.8 Å². The first-order valence-corrected chi connectivity index (χ1v) is 7.01. The van der Waals surface area contributed by atoms with Gasteiger partial charge < -0.3 is 15.7 Å². The molecule has 2 aromatic carbocycles. The number of halogens is 1. The van der Waals surface area contributed by atoms with Gasteiger partial charge in [0, 0.05) is 23.7 Å². The quantitative estimate of drug-likeness (QED) is 0.673. The largest absolute Gasteiger partial charge is 0.506 e. The molecule has 3 N–H and O–H groups in total. The number of aromatic hydroxyl groups is 1. The van der Waals surface area contributed by atoms with Crippen molar-refractivity contribution >= 4 is 23.2 Å². The number of nitrogens with two attached hydrogens (primary N) is 1. The molecule has 0 spiro atoms. The zero-order valence-electron chi connectivity index (χ0n) is 11.7. The number of phenols is 1. The predicted octanol–water partition coefficient (Wildman–Crippen LogP) is 3.29. The molecule has 5 heteroatoms. The van der Waals surface area contributed by atoms with E-state index in [1.54, 1.807) is 17.0 Å². The maximum atomic E-state index is 12.5. The molecule has 0 fully saturated rings. The van der Waals surface area contributed by atoms with Crippen molar-refractivity contribution < 1.29 is 9.90 Å². The molecule has 2 aromatic rings. The third-order valence-corrected chi connectivity index (χ3v) is 3.44. The number of hydrogen-bond donors (Lipinski definition) is 2. The summed E-state index contributed by atoms with van der Waals surface area (Å²) in [6, 6.07) is 11.9. The molecular formula is C16H17ClN2O2. The summed E-state index contributed by atoms with van der Waals surface area (Å²) in [5, 5.41) is 10.3. The molecule has 0 aliphatic rings. The summed E-state index contributed by atoms with van der Waals surface area (Å²) in [6.07, 6.45) is 0. The minimum Gasteiger partial charge on any atom is -0.506 e. The Morgan fingerprint density at radius 1 is 1.29 bits per heavy atom. The van der Waals surface area contributed by atoms with Gasteiger partial charge in [-0.2, -0.15) is 0 Å². The maximum absolute atomic E-state index is 12.5. The first-order valence-electron chi connectivity index (χ1n) is 6.63. The van der Waals surface area contributed by atoms with Gasteiger partial charge in [-0.15, -0.1) is 0 Å². The molecule has 4 nitrogen and oxygen atoms in total. The van der Waals surface area contributed by atoms with Crippen LogP contribution in [0.25, 0.3) is 0 Å². The highest BCUT2D eigenvalue weighted by molar-refractivity contribution is 6.30. The minimum atomic E-state index is -0.159. The predicted molar refractivity (Wildman–Crippen MR) is 84.4 cm³/mol.